The van der Waals surface area contributed by atoms with E-state index in [2.05, 4.69) is 23.5 Å². The largest absolute Gasteiger partial charge is 0.311 e. The second-order valence-corrected chi connectivity index (χ2v) is 5.42. The molecule has 3 nitrogen and oxygen atoms in total. The van der Waals surface area contributed by atoms with Crippen LogP contribution in [0.3, 0.4) is 0 Å². The SMILES string of the molecule is CNC(C)(C)C(=O)N1CCCCc2ccccc21. The molecule has 0 radical (unpaired) electrons. The maximum Gasteiger partial charge on any atom is 0.246 e. The lowest BCUT2D eigenvalue weighted by Crippen LogP contribution is -2.53. The zero-order valence-electron chi connectivity index (χ0n) is 11.5. The summed E-state index contributed by atoms with van der Waals surface area (Å²) in [6, 6.07) is 8.25. The number of hydrogen-bond donors (Lipinski definition) is 1. The van der Waals surface area contributed by atoms with Crippen LogP contribution in [-0.2, 0) is 11.2 Å². The number of para-hydroxylation sites is 1. The molecule has 98 valence electrons. The zero-order valence-corrected chi connectivity index (χ0v) is 11.5. The van der Waals surface area contributed by atoms with E-state index in [0.717, 1.165) is 31.5 Å². The molecule has 0 aromatic heterocycles. The Morgan fingerprint density at radius 1 is 1.28 bits per heavy atom. The van der Waals surface area contributed by atoms with Crippen molar-refractivity contribution in [2.75, 3.05) is 18.5 Å². The van der Waals surface area contributed by atoms with Crippen molar-refractivity contribution >= 4 is 11.6 Å². The lowest BCUT2D eigenvalue weighted by molar-refractivity contribution is -0.123. The van der Waals surface area contributed by atoms with Crippen LogP contribution < -0.4 is 10.2 Å². The van der Waals surface area contributed by atoms with Gasteiger partial charge in [-0.3, -0.25) is 4.79 Å². The molecule has 0 fully saturated rings. The number of aryl methyl sites for hydroxylation is 1. The van der Waals surface area contributed by atoms with Gasteiger partial charge in [0, 0.05) is 12.2 Å². The number of nitrogens with one attached hydrogen (secondary N) is 1. The normalized spacial score (nSPS) is 16.1. The first-order valence-corrected chi connectivity index (χ1v) is 6.65. The molecule has 3 heteroatoms. The van der Waals surface area contributed by atoms with Gasteiger partial charge in [0.1, 0.15) is 0 Å². The molecule has 0 aliphatic carbocycles. The number of carbonyl (C=O) groups is 1. The number of amides is 1. The van der Waals surface area contributed by atoms with E-state index < -0.39 is 5.54 Å². The molecule has 1 aliphatic heterocycles. The Kier molecular flexibility index (Phi) is 3.71. The van der Waals surface area contributed by atoms with Crippen LogP contribution >= 0.6 is 0 Å². The summed E-state index contributed by atoms with van der Waals surface area (Å²) in [5.41, 5.74) is 1.86. The van der Waals surface area contributed by atoms with Crippen molar-refractivity contribution in [2.45, 2.75) is 38.6 Å². The first-order chi connectivity index (χ1) is 8.56. The molecule has 0 spiro atoms. The lowest BCUT2D eigenvalue weighted by Gasteiger charge is -2.32. The van der Waals surface area contributed by atoms with Crippen molar-refractivity contribution in [1.82, 2.24) is 5.32 Å². The van der Waals surface area contributed by atoms with E-state index in [-0.39, 0.29) is 5.91 Å². The molecule has 1 aromatic rings. The quantitative estimate of drug-likeness (QED) is 0.868. The Balaban J connectivity index is 2.36. The van der Waals surface area contributed by atoms with Crippen molar-refractivity contribution in [3.05, 3.63) is 29.8 Å². The summed E-state index contributed by atoms with van der Waals surface area (Å²) in [6.07, 6.45) is 3.29. The van der Waals surface area contributed by atoms with Crippen LogP contribution in [0.5, 0.6) is 0 Å². The number of carbonyl (C=O) groups excluding carboxylic acids is 1. The van der Waals surface area contributed by atoms with Crippen molar-refractivity contribution in [1.29, 1.82) is 0 Å². The standard InChI is InChI=1S/C15H22N2O/c1-15(2,16-3)14(18)17-11-7-6-9-12-8-4-5-10-13(12)17/h4-5,8,10,16H,6-7,9,11H2,1-3H3. The van der Waals surface area contributed by atoms with Gasteiger partial charge in [-0.2, -0.15) is 0 Å². The van der Waals surface area contributed by atoms with E-state index in [1.807, 2.05) is 31.9 Å². The second-order valence-electron chi connectivity index (χ2n) is 5.42. The fourth-order valence-electron chi connectivity index (χ4n) is 2.35. The van der Waals surface area contributed by atoms with Crippen molar-refractivity contribution < 1.29 is 4.79 Å². The highest BCUT2D eigenvalue weighted by atomic mass is 16.2. The average Bonchev–Trinajstić information content (AvgIpc) is 2.60. The molecule has 0 unspecified atom stereocenters. The van der Waals surface area contributed by atoms with Gasteiger partial charge >= 0.3 is 0 Å². The molecule has 0 saturated heterocycles. The highest BCUT2D eigenvalue weighted by Crippen LogP contribution is 2.27. The van der Waals surface area contributed by atoms with Gasteiger partial charge in [-0.1, -0.05) is 18.2 Å². The summed E-state index contributed by atoms with van der Waals surface area (Å²) >= 11 is 0. The molecule has 1 amide bonds. The highest BCUT2D eigenvalue weighted by molar-refractivity contribution is 6.00. The molecule has 0 saturated carbocycles. The first-order valence-electron chi connectivity index (χ1n) is 6.65. The highest BCUT2D eigenvalue weighted by Gasteiger charge is 2.32. The number of anilines is 1. The number of nitrogens with zero attached hydrogens (tertiary/aromatic N) is 1. The maximum atomic E-state index is 12.6. The number of benzene rings is 1. The van der Waals surface area contributed by atoms with Gasteiger partial charge < -0.3 is 10.2 Å². The fraction of sp³-hybridized carbons (Fsp3) is 0.533. The van der Waals surface area contributed by atoms with Crippen LogP contribution in [-0.4, -0.2) is 25.0 Å². The Morgan fingerprint density at radius 2 is 2.00 bits per heavy atom. The molecule has 1 aromatic carbocycles. The van der Waals surface area contributed by atoms with Crippen LogP contribution in [0.1, 0.15) is 32.3 Å². The van der Waals surface area contributed by atoms with Gasteiger partial charge in [0.05, 0.1) is 5.54 Å². The molecule has 0 bridgehead atoms. The summed E-state index contributed by atoms with van der Waals surface area (Å²) in [6.45, 7) is 4.69. The molecule has 0 atom stereocenters. The summed E-state index contributed by atoms with van der Waals surface area (Å²) in [7, 11) is 1.83. The van der Waals surface area contributed by atoms with E-state index >= 15 is 0 Å². The van der Waals surface area contributed by atoms with Crippen molar-refractivity contribution in [2.24, 2.45) is 0 Å². The maximum absolute atomic E-state index is 12.6. The minimum absolute atomic E-state index is 0.152. The Labute approximate surface area is 109 Å². The summed E-state index contributed by atoms with van der Waals surface area (Å²) in [4.78, 5) is 14.6. The number of likely N-dealkylation sites (N-methyl/N-ethyl adjacent to an activating group) is 1. The van der Waals surface area contributed by atoms with Crippen LogP contribution in [0.25, 0.3) is 0 Å². The van der Waals surface area contributed by atoms with E-state index in [9.17, 15) is 4.79 Å². The second kappa shape index (κ2) is 5.11. The summed E-state index contributed by atoms with van der Waals surface area (Å²) < 4.78 is 0. The van der Waals surface area contributed by atoms with Gasteiger partial charge in [0.25, 0.3) is 0 Å². The fourth-order valence-corrected chi connectivity index (χ4v) is 2.35. The summed E-state index contributed by atoms with van der Waals surface area (Å²) in [5.74, 6) is 0.152. The van der Waals surface area contributed by atoms with Gasteiger partial charge in [0.15, 0.2) is 0 Å². The third-order valence-electron chi connectivity index (χ3n) is 3.77. The third kappa shape index (κ3) is 2.41. The van der Waals surface area contributed by atoms with Crippen LogP contribution in [0.2, 0.25) is 0 Å². The smallest absolute Gasteiger partial charge is 0.246 e. The number of fused-ring (bicyclic) bond motifs is 1. The third-order valence-corrected chi connectivity index (χ3v) is 3.77. The van der Waals surface area contributed by atoms with Crippen molar-refractivity contribution in [3.8, 4) is 0 Å². The Bertz CT molecular complexity index is 440. The lowest BCUT2D eigenvalue weighted by atomic mass is 10.0. The molecular formula is C15H22N2O. The molecule has 2 rings (SSSR count). The van der Waals surface area contributed by atoms with Gasteiger partial charge in [-0.25, -0.2) is 0 Å². The minimum atomic E-state index is -0.516. The predicted molar refractivity (Wildman–Crippen MR) is 74.9 cm³/mol. The molecular weight excluding hydrogens is 224 g/mol. The van der Waals surface area contributed by atoms with E-state index in [1.165, 1.54) is 5.56 Å². The number of hydrogen-bond acceptors (Lipinski definition) is 2. The van der Waals surface area contributed by atoms with Gasteiger partial charge in [-0.15, -0.1) is 0 Å². The molecule has 1 aliphatic rings. The zero-order chi connectivity index (χ0) is 13.2. The van der Waals surface area contributed by atoms with E-state index in [1.54, 1.807) is 0 Å². The van der Waals surface area contributed by atoms with Crippen LogP contribution in [0.4, 0.5) is 5.69 Å². The van der Waals surface area contributed by atoms with Crippen LogP contribution in [0.15, 0.2) is 24.3 Å². The molecule has 18 heavy (non-hydrogen) atoms. The minimum Gasteiger partial charge on any atom is -0.311 e. The first kappa shape index (κ1) is 13.1. The average molecular weight is 246 g/mol. The van der Waals surface area contributed by atoms with Crippen LogP contribution in [0, 0.1) is 0 Å². The molecule has 1 heterocycles. The topological polar surface area (TPSA) is 32.3 Å². The van der Waals surface area contributed by atoms with Gasteiger partial charge in [-0.05, 0) is 51.8 Å². The summed E-state index contributed by atoms with van der Waals surface area (Å²) in [5, 5.41) is 3.10. The van der Waals surface area contributed by atoms with Crippen molar-refractivity contribution in [3.63, 3.8) is 0 Å². The van der Waals surface area contributed by atoms with E-state index in [4.69, 9.17) is 0 Å². The molecule has 1 N–H and O–H groups in total. The van der Waals surface area contributed by atoms with Gasteiger partial charge in [0.2, 0.25) is 5.91 Å². The van der Waals surface area contributed by atoms with E-state index in [0.29, 0.717) is 0 Å². The number of rotatable bonds is 2. The monoisotopic (exact) mass is 246 g/mol. The Morgan fingerprint density at radius 3 is 2.72 bits per heavy atom. The predicted octanol–water partition coefficient (Wildman–Crippen LogP) is 2.35. The Hall–Kier alpha value is -1.35.